The maximum Gasteiger partial charge on any atom is 0.491 e. The summed E-state index contributed by atoms with van der Waals surface area (Å²) in [6, 6.07) is 1.60. The van der Waals surface area contributed by atoms with E-state index >= 15 is 0 Å². The van der Waals surface area contributed by atoms with Gasteiger partial charge in [0, 0.05) is 38.3 Å². The Morgan fingerprint density at radius 3 is 2.42 bits per heavy atom. The number of carbonyl (C=O) groups is 1. The van der Waals surface area contributed by atoms with Crippen molar-refractivity contribution < 1.29 is 23.1 Å². The number of carboxylic acids is 1. The Bertz CT molecular complexity index is 795. The quantitative estimate of drug-likeness (QED) is 0.878. The summed E-state index contributed by atoms with van der Waals surface area (Å²) in [7, 11) is 0. The zero-order chi connectivity index (χ0) is 18.8. The zero-order valence-electron chi connectivity index (χ0n) is 14.2. The number of fused-ring (bicyclic) bond motifs is 1. The van der Waals surface area contributed by atoms with Crippen molar-refractivity contribution in [3.8, 4) is 0 Å². The molecule has 4 rings (SSSR count). The van der Waals surface area contributed by atoms with Crippen molar-refractivity contribution in [2.45, 2.75) is 32.1 Å². The highest BCUT2D eigenvalue weighted by Crippen LogP contribution is 2.54. The molecule has 0 spiro atoms. The summed E-state index contributed by atoms with van der Waals surface area (Å²) >= 11 is 0. The third-order valence-corrected chi connectivity index (χ3v) is 6.03. The largest absolute Gasteiger partial charge is 0.491 e. The highest BCUT2D eigenvalue weighted by atomic mass is 19.4. The number of carboxylic acid groups (broad SMARTS) is 1. The van der Waals surface area contributed by atoms with Gasteiger partial charge in [-0.15, -0.1) is 13.2 Å². The van der Waals surface area contributed by atoms with Crippen LogP contribution in [0.5, 0.6) is 0 Å². The molecule has 4 atom stereocenters. The molecule has 9 heteroatoms. The average molecular weight is 371 g/mol. The summed E-state index contributed by atoms with van der Waals surface area (Å²) in [5.74, 6) is -0.296. The summed E-state index contributed by atoms with van der Waals surface area (Å²) in [5.41, 5.74) is -0.584. The Balaban J connectivity index is 1.62. The molecule has 2 aliphatic heterocycles. The van der Waals surface area contributed by atoms with Crippen molar-refractivity contribution in [3.05, 3.63) is 22.6 Å². The van der Waals surface area contributed by atoms with Crippen LogP contribution in [0, 0.1) is 17.8 Å². The van der Waals surface area contributed by atoms with E-state index in [0.717, 1.165) is 12.6 Å². The Hall–Kier alpha value is -2.19. The van der Waals surface area contributed by atoms with E-state index in [1.54, 1.807) is 11.0 Å². The Labute approximate surface area is 147 Å². The summed E-state index contributed by atoms with van der Waals surface area (Å²) in [4.78, 5) is 26.7. The molecule has 3 fully saturated rings. The maximum absolute atomic E-state index is 13.3. The van der Waals surface area contributed by atoms with Gasteiger partial charge in [0.05, 0.1) is 5.69 Å². The molecule has 0 radical (unpaired) electrons. The van der Waals surface area contributed by atoms with Crippen LogP contribution in [-0.4, -0.2) is 41.3 Å². The minimum absolute atomic E-state index is 0.0477. The van der Waals surface area contributed by atoms with E-state index in [2.05, 4.69) is 0 Å². The van der Waals surface area contributed by atoms with Gasteiger partial charge in [-0.1, -0.05) is 0 Å². The monoisotopic (exact) mass is 371 g/mol. The van der Waals surface area contributed by atoms with Gasteiger partial charge in [0.15, 0.2) is 0 Å². The second-order valence-corrected chi connectivity index (χ2v) is 7.55. The molecule has 1 unspecified atom stereocenters. The number of alkyl halides is 3. The molecule has 0 bridgehead atoms. The highest BCUT2D eigenvalue weighted by Gasteiger charge is 2.56. The number of aromatic nitrogens is 1. The predicted octanol–water partition coefficient (Wildman–Crippen LogP) is 2.08. The Morgan fingerprint density at radius 2 is 1.96 bits per heavy atom. The van der Waals surface area contributed by atoms with Crippen LogP contribution in [0.15, 0.2) is 17.1 Å². The first-order valence-electron chi connectivity index (χ1n) is 8.74. The molecular weight excluding hydrogens is 351 g/mol. The number of anilines is 2. The van der Waals surface area contributed by atoms with Gasteiger partial charge in [-0.2, -0.15) is 0 Å². The van der Waals surface area contributed by atoms with Gasteiger partial charge in [-0.25, -0.2) is 4.57 Å². The molecule has 3 aliphatic rings. The van der Waals surface area contributed by atoms with Crippen molar-refractivity contribution in [1.82, 2.24) is 4.57 Å². The van der Waals surface area contributed by atoms with Crippen LogP contribution in [0.2, 0.25) is 0 Å². The number of halogens is 3. The molecule has 1 aromatic rings. The van der Waals surface area contributed by atoms with Crippen molar-refractivity contribution >= 4 is 17.3 Å². The predicted molar refractivity (Wildman–Crippen MR) is 88.4 cm³/mol. The molecule has 2 saturated heterocycles. The molecule has 3 heterocycles. The Kier molecular flexibility index (Phi) is 3.75. The van der Waals surface area contributed by atoms with E-state index in [1.807, 2.05) is 11.8 Å². The molecule has 142 valence electrons. The van der Waals surface area contributed by atoms with Crippen molar-refractivity contribution in [1.29, 1.82) is 0 Å². The van der Waals surface area contributed by atoms with E-state index in [0.29, 0.717) is 25.3 Å². The van der Waals surface area contributed by atoms with E-state index in [9.17, 15) is 22.8 Å². The van der Waals surface area contributed by atoms with Gasteiger partial charge in [0.25, 0.3) is 5.56 Å². The van der Waals surface area contributed by atoms with Crippen LogP contribution in [0.3, 0.4) is 0 Å². The summed E-state index contributed by atoms with van der Waals surface area (Å²) in [6.07, 6.45) is -2.94. The summed E-state index contributed by atoms with van der Waals surface area (Å²) in [6.45, 7) is 3.53. The average Bonchev–Trinajstić information content (AvgIpc) is 2.96. The van der Waals surface area contributed by atoms with E-state index in [-0.39, 0.29) is 40.5 Å². The summed E-state index contributed by atoms with van der Waals surface area (Å²) in [5, 5.41) is 8.89. The molecule has 1 saturated carbocycles. The molecule has 1 N–H and O–H groups in total. The van der Waals surface area contributed by atoms with Crippen LogP contribution in [-0.2, 0) is 11.1 Å². The first-order valence-corrected chi connectivity index (χ1v) is 8.74. The topological polar surface area (TPSA) is 65.8 Å². The fourth-order valence-corrected chi connectivity index (χ4v) is 4.36. The third kappa shape index (κ3) is 2.73. The van der Waals surface area contributed by atoms with Gasteiger partial charge in [-0.3, -0.25) is 9.59 Å². The number of pyridine rings is 1. The van der Waals surface area contributed by atoms with E-state index in [4.69, 9.17) is 5.11 Å². The number of nitrogens with zero attached hydrogens (tertiary/aromatic N) is 3. The summed E-state index contributed by atoms with van der Waals surface area (Å²) < 4.78 is 39.9. The molecule has 6 nitrogen and oxygen atoms in total. The molecule has 0 amide bonds. The van der Waals surface area contributed by atoms with Crippen LogP contribution < -0.4 is 15.4 Å². The normalized spacial score (nSPS) is 30.2. The van der Waals surface area contributed by atoms with Crippen LogP contribution in [0.1, 0.15) is 19.8 Å². The van der Waals surface area contributed by atoms with Crippen LogP contribution in [0.25, 0.3) is 0 Å². The molecule has 1 aromatic heterocycles. The third-order valence-electron chi connectivity index (χ3n) is 6.03. The smallest absolute Gasteiger partial charge is 0.481 e. The van der Waals surface area contributed by atoms with Crippen molar-refractivity contribution in [3.63, 3.8) is 0 Å². The van der Waals surface area contributed by atoms with Crippen molar-refractivity contribution in [2.24, 2.45) is 17.8 Å². The molecule has 0 aromatic carbocycles. The maximum atomic E-state index is 13.3. The number of hydrogen-bond acceptors (Lipinski definition) is 4. The van der Waals surface area contributed by atoms with Crippen LogP contribution in [0.4, 0.5) is 24.5 Å². The lowest BCUT2D eigenvalue weighted by molar-refractivity contribution is -0.206. The SMILES string of the molecule is C[C@H]1CCN1c1cc(N2C[C@@H]3C(CC(=O)O)[C@@H]3C2)cn(C(F)(F)F)c1=O. The van der Waals surface area contributed by atoms with E-state index in [1.165, 1.54) is 0 Å². The van der Waals surface area contributed by atoms with Crippen LogP contribution >= 0.6 is 0 Å². The lowest BCUT2D eigenvalue weighted by Gasteiger charge is -2.40. The molecular formula is C17H20F3N3O3. The fourth-order valence-electron chi connectivity index (χ4n) is 4.36. The van der Waals surface area contributed by atoms with Gasteiger partial charge in [-0.05, 0) is 37.2 Å². The fraction of sp³-hybridized carbons (Fsp3) is 0.647. The van der Waals surface area contributed by atoms with Crippen molar-refractivity contribution in [2.75, 3.05) is 29.4 Å². The van der Waals surface area contributed by atoms with Gasteiger partial charge >= 0.3 is 12.3 Å². The van der Waals surface area contributed by atoms with E-state index < -0.39 is 17.8 Å². The second kappa shape index (κ2) is 5.65. The first kappa shape index (κ1) is 17.2. The second-order valence-electron chi connectivity index (χ2n) is 7.55. The number of rotatable bonds is 4. The molecule has 1 aliphatic carbocycles. The molecule has 26 heavy (non-hydrogen) atoms. The number of piperidine rings is 1. The zero-order valence-corrected chi connectivity index (χ0v) is 14.2. The van der Waals surface area contributed by atoms with Gasteiger partial charge < -0.3 is 14.9 Å². The lowest BCUT2D eigenvalue weighted by Crippen LogP contribution is -2.49. The minimum Gasteiger partial charge on any atom is -0.481 e. The minimum atomic E-state index is -4.77. The standard InChI is InChI=1S/C17H20F3N3O3/c1-9-2-3-22(9)14-4-10(6-23(16(14)26)17(18,19)20)21-7-12-11(5-15(24)25)13(12)8-21/h4,6,9,11-13H,2-3,5,7-8H2,1H3,(H,24,25)/t9-,11?,12-,13+/m0/s1. The van der Waals surface area contributed by atoms with Gasteiger partial charge in [0.1, 0.15) is 5.69 Å². The lowest BCUT2D eigenvalue weighted by atomic mass is 10.0. The number of hydrogen-bond donors (Lipinski definition) is 1. The first-order chi connectivity index (χ1) is 12.2. The number of aliphatic carboxylic acids is 1. The Morgan fingerprint density at radius 1 is 1.31 bits per heavy atom. The highest BCUT2D eigenvalue weighted by molar-refractivity contribution is 5.68. The van der Waals surface area contributed by atoms with Gasteiger partial charge in [0.2, 0.25) is 0 Å².